The third-order valence-electron chi connectivity index (χ3n) is 1.92. The van der Waals surface area contributed by atoms with Crippen LogP contribution in [0.4, 0.5) is 5.82 Å². The van der Waals surface area contributed by atoms with Crippen LogP contribution in [0.15, 0.2) is 6.07 Å². The van der Waals surface area contributed by atoms with Crippen LogP contribution in [0.2, 0.25) is 0 Å². The van der Waals surface area contributed by atoms with Crippen molar-refractivity contribution in [2.45, 2.75) is 6.92 Å². The number of anilines is 1. The molecular formula is C7H10N4. The lowest BCUT2D eigenvalue weighted by atomic mass is 10.5. The summed E-state index contributed by atoms with van der Waals surface area (Å²) in [5.41, 5.74) is 7.46. The second kappa shape index (κ2) is 1.78. The Labute approximate surface area is 64.0 Å². The number of nitrogens with two attached hydrogens (primary N) is 1. The third-order valence-corrected chi connectivity index (χ3v) is 1.92. The zero-order chi connectivity index (χ0) is 8.01. The third kappa shape index (κ3) is 0.721. The maximum absolute atomic E-state index is 5.55. The molecule has 2 aromatic heterocycles. The number of fused-ring (bicyclic) bond motifs is 1. The van der Waals surface area contributed by atoms with Gasteiger partial charge in [0.05, 0.1) is 5.52 Å². The van der Waals surface area contributed by atoms with Gasteiger partial charge in [-0.3, -0.25) is 0 Å². The number of nitrogen functional groups attached to an aromatic ring is 1. The average molecular weight is 150 g/mol. The van der Waals surface area contributed by atoms with Crippen molar-refractivity contribution in [2.75, 3.05) is 5.73 Å². The van der Waals surface area contributed by atoms with Gasteiger partial charge in [0.1, 0.15) is 11.6 Å². The minimum absolute atomic E-state index is 0.665. The van der Waals surface area contributed by atoms with Crippen LogP contribution in [0.3, 0.4) is 0 Å². The standard InChI is InChI=1S/C7H10N4/c1-4-9-7-5(11(4)2)3-6(8)10-7/h3,10H,8H2,1-2H3. The summed E-state index contributed by atoms with van der Waals surface area (Å²) in [4.78, 5) is 7.23. The van der Waals surface area contributed by atoms with Crippen LogP contribution in [0.25, 0.3) is 11.2 Å². The molecule has 0 bridgehead atoms. The molecule has 11 heavy (non-hydrogen) atoms. The molecular weight excluding hydrogens is 140 g/mol. The topological polar surface area (TPSA) is 59.6 Å². The summed E-state index contributed by atoms with van der Waals surface area (Å²) in [6.07, 6.45) is 0. The monoisotopic (exact) mass is 150 g/mol. The Bertz CT molecular complexity index is 396. The molecule has 2 rings (SSSR count). The van der Waals surface area contributed by atoms with E-state index >= 15 is 0 Å². The predicted molar refractivity (Wildman–Crippen MR) is 44.2 cm³/mol. The first-order valence-electron chi connectivity index (χ1n) is 3.46. The number of aryl methyl sites for hydroxylation is 2. The van der Waals surface area contributed by atoms with E-state index in [0.29, 0.717) is 5.82 Å². The van der Waals surface area contributed by atoms with Crippen LogP contribution in [0.5, 0.6) is 0 Å². The minimum atomic E-state index is 0.665. The van der Waals surface area contributed by atoms with E-state index < -0.39 is 0 Å². The van der Waals surface area contributed by atoms with E-state index in [0.717, 1.165) is 17.0 Å². The molecule has 2 aromatic rings. The summed E-state index contributed by atoms with van der Waals surface area (Å²) in [7, 11) is 1.97. The largest absolute Gasteiger partial charge is 0.385 e. The molecule has 2 heterocycles. The first kappa shape index (κ1) is 6.27. The maximum Gasteiger partial charge on any atom is 0.157 e. The van der Waals surface area contributed by atoms with Crippen molar-refractivity contribution in [2.24, 2.45) is 7.05 Å². The van der Waals surface area contributed by atoms with Crippen molar-refractivity contribution in [3.05, 3.63) is 11.9 Å². The van der Waals surface area contributed by atoms with Gasteiger partial charge in [-0.05, 0) is 6.92 Å². The first-order valence-corrected chi connectivity index (χ1v) is 3.46. The van der Waals surface area contributed by atoms with E-state index in [1.54, 1.807) is 0 Å². The van der Waals surface area contributed by atoms with Gasteiger partial charge in [0.2, 0.25) is 0 Å². The Morgan fingerprint density at radius 2 is 2.36 bits per heavy atom. The number of imidazole rings is 1. The van der Waals surface area contributed by atoms with Gasteiger partial charge in [0.15, 0.2) is 5.65 Å². The molecule has 0 aliphatic carbocycles. The highest BCUT2D eigenvalue weighted by atomic mass is 15.1. The van der Waals surface area contributed by atoms with Crippen LogP contribution < -0.4 is 5.73 Å². The van der Waals surface area contributed by atoms with Crippen LogP contribution in [0.1, 0.15) is 5.82 Å². The Morgan fingerprint density at radius 3 is 3.00 bits per heavy atom. The minimum Gasteiger partial charge on any atom is -0.385 e. The summed E-state index contributed by atoms with van der Waals surface area (Å²) >= 11 is 0. The van der Waals surface area contributed by atoms with Crippen LogP contribution >= 0.6 is 0 Å². The quantitative estimate of drug-likeness (QED) is 0.583. The van der Waals surface area contributed by atoms with Gasteiger partial charge in [0, 0.05) is 13.1 Å². The molecule has 0 aromatic carbocycles. The number of nitrogens with one attached hydrogen (secondary N) is 1. The number of aromatic amines is 1. The Balaban J connectivity index is 2.88. The van der Waals surface area contributed by atoms with Gasteiger partial charge in [-0.1, -0.05) is 0 Å². The van der Waals surface area contributed by atoms with Gasteiger partial charge in [-0.15, -0.1) is 0 Å². The number of hydrogen-bond donors (Lipinski definition) is 2. The van der Waals surface area contributed by atoms with Gasteiger partial charge >= 0.3 is 0 Å². The lowest BCUT2D eigenvalue weighted by Gasteiger charge is -1.91. The van der Waals surface area contributed by atoms with E-state index in [1.165, 1.54) is 0 Å². The molecule has 0 saturated carbocycles. The van der Waals surface area contributed by atoms with Crippen LogP contribution in [0, 0.1) is 6.92 Å². The lowest BCUT2D eigenvalue weighted by molar-refractivity contribution is 0.885. The van der Waals surface area contributed by atoms with E-state index in [4.69, 9.17) is 5.73 Å². The summed E-state index contributed by atoms with van der Waals surface area (Å²) in [5.74, 6) is 1.66. The van der Waals surface area contributed by atoms with Crippen molar-refractivity contribution in [1.82, 2.24) is 14.5 Å². The molecule has 0 unspecified atom stereocenters. The summed E-state index contributed by atoms with van der Waals surface area (Å²) in [6, 6.07) is 1.88. The Kier molecular flexibility index (Phi) is 1.01. The average Bonchev–Trinajstić information content (AvgIpc) is 2.37. The van der Waals surface area contributed by atoms with Crippen molar-refractivity contribution < 1.29 is 0 Å². The summed E-state index contributed by atoms with van der Waals surface area (Å²) in [5, 5.41) is 0. The van der Waals surface area contributed by atoms with Crippen LogP contribution in [-0.2, 0) is 7.05 Å². The second-order valence-corrected chi connectivity index (χ2v) is 2.68. The number of H-pyrrole nitrogens is 1. The molecule has 0 spiro atoms. The number of hydrogen-bond acceptors (Lipinski definition) is 2. The van der Waals surface area contributed by atoms with Crippen LogP contribution in [-0.4, -0.2) is 14.5 Å². The second-order valence-electron chi connectivity index (χ2n) is 2.68. The number of aromatic nitrogens is 3. The highest BCUT2D eigenvalue weighted by Crippen LogP contribution is 2.15. The predicted octanol–water partition coefficient (Wildman–Crippen LogP) is 0.792. The first-order chi connectivity index (χ1) is 5.18. The summed E-state index contributed by atoms with van der Waals surface area (Å²) < 4.78 is 2.00. The fraction of sp³-hybridized carbons (Fsp3) is 0.286. The van der Waals surface area contributed by atoms with Gasteiger partial charge in [0.25, 0.3) is 0 Å². The van der Waals surface area contributed by atoms with Crippen molar-refractivity contribution in [1.29, 1.82) is 0 Å². The van der Waals surface area contributed by atoms with Crippen molar-refractivity contribution in [3.63, 3.8) is 0 Å². The lowest BCUT2D eigenvalue weighted by Crippen LogP contribution is -1.90. The molecule has 0 aliphatic rings. The molecule has 4 heteroatoms. The van der Waals surface area contributed by atoms with E-state index in [-0.39, 0.29) is 0 Å². The Hall–Kier alpha value is -1.45. The summed E-state index contributed by atoms with van der Waals surface area (Å²) in [6.45, 7) is 1.96. The zero-order valence-corrected chi connectivity index (χ0v) is 6.55. The highest BCUT2D eigenvalue weighted by molar-refractivity contribution is 5.77. The fourth-order valence-corrected chi connectivity index (χ4v) is 1.20. The van der Waals surface area contributed by atoms with Gasteiger partial charge in [-0.25, -0.2) is 4.98 Å². The Morgan fingerprint density at radius 1 is 1.64 bits per heavy atom. The molecule has 4 nitrogen and oxygen atoms in total. The molecule has 0 fully saturated rings. The van der Waals surface area contributed by atoms with E-state index in [9.17, 15) is 0 Å². The molecule has 3 N–H and O–H groups in total. The maximum atomic E-state index is 5.55. The molecule has 58 valence electrons. The molecule has 0 atom stereocenters. The SMILES string of the molecule is Cc1nc2[nH]c(N)cc2n1C. The fourth-order valence-electron chi connectivity index (χ4n) is 1.20. The number of nitrogens with zero attached hydrogens (tertiary/aromatic N) is 2. The molecule has 0 saturated heterocycles. The van der Waals surface area contributed by atoms with Gasteiger partial charge in [-0.2, -0.15) is 0 Å². The normalized spacial score (nSPS) is 11.1. The van der Waals surface area contributed by atoms with Crippen molar-refractivity contribution in [3.8, 4) is 0 Å². The number of rotatable bonds is 0. The van der Waals surface area contributed by atoms with Gasteiger partial charge < -0.3 is 15.3 Å². The highest BCUT2D eigenvalue weighted by Gasteiger charge is 2.05. The van der Waals surface area contributed by atoms with E-state index in [2.05, 4.69) is 9.97 Å². The molecule has 0 aliphatic heterocycles. The molecule has 0 radical (unpaired) electrons. The van der Waals surface area contributed by atoms with Crippen molar-refractivity contribution >= 4 is 17.0 Å². The zero-order valence-electron chi connectivity index (χ0n) is 6.55. The van der Waals surface area contributed by atoms with E-state index in [1.807, 2.05) is 24.6 Å². The molecule has 0 amide bonds. The smallest absolute Gasteiger partial charge is 0.157 e.